The lowest BCUT2D eigenvalue weighted by molar-refractivity contribution is 0.242. The normalized spacial score (nSPS) is 20.7. The van der Waals surface area contributed by atoms with Gasteiger partial charge in [0, 0.05) is 16.3 Å². The van der Waals surface area contributed by atoms with E-state index in [0.29, 0.717) is 6.04 Å². The van der Waals surface area contributed by atoms with E-state index in [-0.39, 0.29) is 0 Å². The van der Waals surface area contributed by atoms with Crippen LogP contribution in [-0.2, 0) is 6.54 Å². The minimum atomic E-state index is 0.386. The van der Waals surface area contributed by atoms with Crippen LogP contribution in [0.1, 0.15) is 40.3 Å². The van der Waals surface area contributed by atoms with Crippen LogP contribution < -0.4 is 0 Å². The van der Waals surface area contributed by atoms with Crippen LogP contribution >= 0.6 is 11.3 Å². The topological polar surface area (TPSA) is 44.8 Å². The fraction of sp³-hybridized carbons (Fsp3) is 0.538. The van der Waals surface area contributed by atoms with Crippen molar-refractivity contribution in [2.75, 3.05) is 6.54 Å². The quantitative estimate of drug-likeness (QED) is 0.925. The number of aryl methyl sites for hydroxylation is 2. The van der Waals surface area contributed by atoms with Crippen LogP contribution in [0, 0.1) is 13.8 Å². The van der Waals surface area contributed by atoms with Crippen molar-refractivity contribution < 1.29 is 0 Å². The molecule has 96 valence electrons. The summed E-state index contributed by atoms with van der Waals surface area (Å²) in [6, 6.07) is 4.82. The van der Waals surface area contributed by atoms with Gasteiger partial charge in [-0.2, -0.15) is 5.10 Å². The summed E-state index contributed by atoms with van der Waals surface area (Å²) in [5.74, 6) is 1.86. The number of hydrogen-bond acceptors (Lipinski definition) is 4. The summed E-state index contributed by atoms with van der Waals surface area (Å²) in [6.45, 7) is 6.29. The van der Waals surface area contributed by atoms with Crippen LogP contribution in [0.2, 0.25) is 0 Å². The molecule has 1 fully saturated rings. The molecule has 0 spiro atoms. The molecule has 1 aliphatic heterocycles. The summed E-state index contributed by atoms with van der Waals surface area (Å²) in [5, 5.41) is 7.27. The van der Waals surface area contributed by atoms with Crippen LogP contribution in [0.25, 0.3) is 0 Å². The molecule has 4 nitrogen and oxygen atoms in total. The molecule has 1 saturated heterocycles. The Hall–Kier alpha value is -1.20. The van der Waals surface area contributed by atoms with Crippen molar-refractivity contribution in [3.05, 3.63) is 33.5 Å². The van der Waals surface area contributed by atoms with E-state index in [1.165, 1.54) is 22.6 Å². The Bertz CT molecular complexity index is 531. The second-order valence-electron chi connectivity index (χ2n) is 4.92. The molecule has 2 aromatic rings. The number of rotatable bonds is 3. The van der Waals surface area contributed by atoms with Gasteiger partial charge in [0.05, 0.1) is 6.04 Å². The monoisotopic (exact) mass is 262 g/mol. The number of likely N-dealkylation sites (tertiary alicyclic amines) is 1. The molecule has 0 radical (unpaired) electrons. The van der Waals surface area contributed by atoms with Gasteiger partial charge in [0.25, 0.3) is 0 Å². The van der Waals surface area contributed by atoms with Gasteiger partial charge in [0.2, 0.25) is 0 Å². The number of hydrogen-bond donors (Lipinski definition) is 1. The zero-order valence-corrected chi connectivity index (χ0v) is 11.6. The molecule has 1 atom stereocenters. The van der Waals surface area contributed by atoms with E-state index in [9.17, 15) is 0 Å². The highest BCUT2D eigenvalue weighted by Crippen LogP contribution is 2.32. The third-order valence-electron chi connectivity index (χ3n) is 3.43. The summed E-state index contributed by atoms with van der Waals surface area (Å²) in [4.78, 5) is 9.80. The molecule has 18 heavy (non-hydrogen) atoms. The van der Waals surface area contributed by atoms with Crippen LogP contribution in [0.3, 0.4) is 0 Å². The molecule has 3 heterocycles. The van der Waals surface area contributed by atoms with E-state index in [0.717, 1.165) is 24.7 Å². The van der Waals surface area contributed by atoms with Crippen molar-refractivity contribution in [3.63, 3.8) is 0 Å². The van der Waals surface area contributed by atoms with Crippen LogP contribution in [0.4, 0.5) is 0 Å². The lowest BCUT2D eigenvalue weighted by Gasteiger charge is -2.21. The highest BCUT2D eigenvalue weighted by Gasteiger charge is 2.29. The molecule has 5 heteroatoms. The minimum absolute atomic E-state index is 0.386. The Labute approximate surface area is 111 Å². The fourth-order valence-electron chi connectivity index (χ4n) is 2.59. The average molecular weight is 262 g/mol. The number of nitrogens with one attached hydrogen (secondary N) is 1. The van der Waals surface area contributed by atoms with Crippen molar-refractivity contribution >= 4 is 11.3 Å². The zero-order chi connectivity index (χ0) is 12.5. The van der Waals surface area contributed by atoms with Gasteiger partial charge in [-0.3, -0.25) is 10.00 Å². The Morgan fingerprint density at radius 1 is 1.44 bits per heavy atom. The van der Waals surface area contributed by atoms with E-state index in [1.807, 2.05) is 18.3 Å². The van der Waals surface area contributed by atoms with Gasteiger partial charge in [0.15, 0.2) is 5.82 Å². The summed E-state index contributed by atoms with van der Waals surface area (Å²) in [6.07, 6.45) is 2.41. The lowest BCUT2D eigenvalue weighted by atomic mass is 10.2. The lowest BCUT2D eigenvalue weighted by Crippen LogP contribution is -2.23. The number of nitrogens with zero attached hydrogens (tertiary/aromatic N) is 3. The van der Waals surface area contributed by atoms with E-state index < -0.39 is 0 Å². The highest BCUT2D eigenvalue weighted by atomic mass is 32.1. The predicted molar refractivity (Wildman–Crippen MR) is 72.6 cm³/mol. The molecule has 1 N–H and O–H groups in total. The van der Waals surface area contributed by atoms with Crippen molar-refractivity contribution in [1.29, 1.82) is 0 Å². The molecule has 3 rings (SSSR count). The van der Waals surface area contributed by atoms with E-state index in [1.54, 1.807) is 0 Å². The Morgan fingerprint density at radius 2 is 2.33 bits per heavy atom. The second-order valence-corrected chi connectivity index (χ2v) is 6.29. The molecule has 0 saturated carbocycles. The highest BCUT2D eigenvalue weighted by molar-refractivity contribution is 7.11. The van der Waals surface area contributed by atoms with Gasteiger partial charge < -0.3 is 0 Å². The number of thiophene rings is 1. The van der Waals surface area contributed by atoms with Gasteiger partial charge in [-0.15, -0.1) is 11.3 Å². The first-order chi connectivity index (χ1) is 8.72. The molecule has 1 aliphatic rings. The third-order valence-corrected chi connectivity index (χ3v) is 4.42. The van der Waals surface area contributed by atoms with Gasteiger partial charge in [-0.05, 0) is 45.4 Å². The largest absolute Gasteiger partial charge is 0.288 e. The molecule has 0 aliphatic carbocycles. The molecule has 2 aromatic heterocycles. The molecule has 0 amide bonds. The maximum atomic E-state index is 4.48. The van der Waals surface area contributed by atoms with Crippen LogP contribution in [-0.4, -0.2) is 26.6 Å². The number of aromatic nitrogens is 3. The molecular formula is C13H18N4S. The summed E-state index contributed by atoms with van der Waals surface area (Å²) >= 11 is 1.89. The zero-order valence-electron chi connectivity index (χ0n) is 10.8. The van der Waals surface area contributed by atoms with Gasteiger partial charge in [-0.1, -0.05) is 0 Å². The van der Waals surface area contributed by atoms with Crippen molar-refractivity contribution in [1.82, 2.24) is 20.1 Å². The molecule has 0 aromatic carbocycles. The summed E-state index contributed by atoms with van der Waals surface area (Å²) in [7, 11) is 0. The standard InChI is InChI=1S/C13H18N4S/c1-9-5-6-11(18-9)8-17-7-3-4-12(17)13-14-10(2)15-16-13/h5-6,12H,3-4,7-8H2,1-2H3,(H,14,15,16)/t12-/m0/s1. The molecule has 0 unspecified atom stereocenters. The first-order valence-electron chi connectivity index (χ1n) is 6.40. The van der Waals surface area contributed by atoms with Crippen molar-refractivity contribution in [2.24, 2.45) is 0 Å². The van der Waals surface area contributed by atoms with Gasteiger partial charge >= 0.3 is 0 Å². The number of aromatic amines is 1. The summed E-state index contributed by atoms with van der Waals surface area (Å²) in [5.41, 5.74) is 0. The molecular weight excluding hydrogens is 244 g/mol. The van der Waals surface area contributed by atoms with E-state index >= 15 is 0 Å². The van der Waals surface area contributed by atoms with E-state index in [4.69, 9.17) is 0 Å². The fourth-order valence-corrected chi connectivity index (χ4v) is 3.50. The first-order valence-corrected chi connectivity index (χ1v) is 7.22. The first kappa shape index (κ1) is 11.9. The predicted octanol–water partition coefficient (Wildman–Crippen LogP) is 2.82. The maximum Gasteiger partial charge on any atom is 0.167 e. The Kier molecular flexibility index (Phi) is 3.18. The minimum Gasteiger partial charge on any atom is -0.288 e. The van der Waals surface area contributed by atoms with Gasteiger partial charge in [0.1, 0.15) is 5.82 Å². The Balaban J connectivity index is 1.75. The third kappa shape index (κ3) is 2.33. The SMILES string of the molecule is Cc1nc([C@@H]2CCCN2Cc2ccc(C)s2)n[nH]1. The van der Waals surface area contributed by atoms with E-state index in [2.05, 4.69) is 39.1 Å². The van der Waals surface area contributed by atoms with Crippen LogP contribution in [0.5, 0.6) is 0 Å². The number of H-pyrrole nitrogens is 1. The molecule has 0 bridgehead atoms. The maximum absolute atomic E-state index is 4.48. The van der Waals surface area contributed by atoms with Crippen LogP contribution in [0.15, 0.2) is 12.1 Å². The Morgan fingerprint density at radius 3 is 3.00 bits per heavy atom. The van der Waals surface area contributed by atoms with Crippen molar-refractivity contribution in [2.45, 2.75) is 39.3 Å². The van der Waals surface area contributed by atoms with Crippen molar-refractivity contribution in [3.8, 4) is 0 Å². The summed E-state index contributed by atoms with van der Waals surface area (Å²) < 4.78 is 0. The smallest absolute Gasteiger partial charge is 0.167 e. The average Bonchev–Trinajstić information content (AvgIpc) is 3.01. The second kappa shape index (κ2) is 4.82. The van der Waals surface area contributed by atoms with Gasteiger partial charge in [-0.25, -0.2) is 4.98 Å².